The summed E-state index contributed by atoms with van der Waals surface area (Å²) in [6, 6.07) is -0.339. The Morgan fingerprint density at radius 3 is 2.06 bits per heavy atom. The van der Waals surface area contributed by atoms with E-state index in [2.05, 4.69) is 10.6 Å². The molecule has 0 heterocycles. The van der Waals surface area contributed by atoms with Gasteiger partial charge in [0.25, 0.3) is 0 Å². The van der Waals surface area contributed by atoms with Crippen molar-refractivity contribution in [3.8, 4) is 0 Å². The fourth-order valence-corrected chi connectivity index (χ4v) is 0.944. The van der Waals surface area contributed by atoms with E-state index < -0.39 is 0 Å². The van der Waals surface area contributed by atoms with Crippen LogP contribution >= 0.6 is 0 Å². The summed E-state index contributed by atoms with van der Waals surface area (Å²) in [5, 5.41) is 5.29. The molecule has 104 valence electrons. The maximum atomic E-state index is 10.6. The summed E-state index contributed by atoms with van der Waals surface area (Å²) in [4.78, 5) is 20.9. The van der Waals surface area contributed by atoms with Gasteiger partial charge in [0.2, 0.25) is 5.91 Å². The van der Waals surface area contributed by atoms with Gasteiger partial charge in [-0.1, -0.05) is 13.8 Å². The van der Waals surface area contributed by atoms with Gasteiger partial charge in [0.15, 0.2) is 0 Å². The third kappa shape index (κ3) is 25.4. The van der Waals surface area contributed by atoms with E-state index in [0.29, 0.717) is 13.0 Å². The summed E-state index contributed by atoms with van der Waals surface area (Å²) in [6.45, 7) is 6.03. The maximum absolute atomic E-state index is 10.6. The first-order valence-corrected chi connectivity index (χ1v) is 6.13. The molecule has 1 amide bonds. The van der Waals surface area contributed by atoms with Crippen LogP contribution in [0.15, 0.2) is 0 Å². The van der Waals surface area contributed by atoms with Crippen LogP contribution in [-0.2, 0) is 9.59 Å². The van der Waals surface area contributed by atoms with E-state index in [1.807, 2.05) is 27.9 Å². The highest BCUT2D eigenvalue weighted by molar-refractivity contribution is 5.77. The van der Waals surface area contributed by atoms with Gasteiger partial charge in [0.1, 0.15) is 6.29 Å². The van der Waals surface area contributed by atoms with Gasteiger partial charge in [-0.2, -0.15) is 0 Å². The quantitative estimate of drug-likeness (QED) is 0.476. The molecule has 0 saturated heterocycles. The zero-order chi connectivity index (χ0) is 14.1. The van der Waals surface area contributed by atoms with E-state index in [0.717, 1.165) is 19.1 Å². The molecule has 0 aromatic heterocycles. The Kier molecular flexibility index (Phi) is 25.7. The minimum Gasteiger partial charge on any atom is -0.347 e. The lowest BCUT2D eigenvalue weighted by Crippen LogP contribution is -2.34. The van der Waals surface area contributed by atoms with Gasteiger partial charge < -0.3 is 21.2 Å². The normalized spacial score (nSPS) is 10.0. The number of carbonyl (C=O) groups is 2. The summed E-state index contributed by atoms with van der Waals surface area (Å²) in [6.07, 6.45) is 3.21. The number of unbranched alkanes of at least 4 members (excludes halogenated alkanes) is 1. The summed E-state index contributed by atoms with van der Waals surface area (Å²) in [5.74, 6) is -0.167. The van der Waals surface area contributed by atoms with E-state index >= 15 is 0 Å². The minimum absolute atomic E-state index is 0.167. The van der Waals surface area contributed by atoms with Crippen LogP contribution in [0.1, 0.15) is 40.0 Å². The van der Waals surface area contributed by atoms with Crippen molar-refractivity contribution in [1.29, 1.82) is 0 Å². The van der Waals surface area contributed by atoms with Crippen LogP contribution in [0.4, 0.5) is 0 Å². The molecular weight excluding hydrogens is 218 g/mol. The standard InChI is InChI=1S/C8H16N2O2.C2H7N.C2H6/c1-7(12)10-8(6-11)4-2-3-5-9;1-3-2;1-2/h6,8H,2-5,9H2,1H3,(H,10,12);3H,1-2H3;1-2H3. The predicted octanol–water partition coefficient (Wildman–Crippen LogP) is 0.681. The fourth-order valence-electron chi connectivity index (χ4n) is 0.944. The van der Waals surface area contributed by atoms with E-state index in [1.54, 1.807) is 0 Å². The number of aldehydes is 1. The summed E-state index contributed by atoms with van der Waals surface area (Å²) in [5.41, 5.74) is 5.28. The van der Waals surface area contributed by atoms with Gasteiger partial charge in [-0.15, -0.1) is 0 Å². The maximum Gasteiger partial charge on any atom is 0.217 e. The molecule has 5 heteroatoms. The molecule has 0 aliphatic rings. The summed E-state index contributed by atoms with van der Waals surface area (Å²) in [7, 11) is 3.75. The highest BCUT2D eigenvalue weighted by Gasteiger charge is 2.06. The first-order valence-electron chi connectivity index (χ1n) is 6.13. The molecule has 0 aromatic carbocycles. The first-order chi connectivity index (χ1) is 8.12. The van der Waals surface area contributed by atoms with E-state index in [1.165, 1.54) is 6.92 Å². The topological polar surface area (TPSA) is 84.2 Å². The van der Waals surface area contributed by atoms with Crippen molar-refractivity contribution in [3.63, 3.8) is 0 Å². The smallest absolute Gasteiger partial charge is 0.217 e. The lowest BCUT2D eigenvalue weighted by molar-refractivity contribution is -0.122. The Bertz CT molecular complexity index is 164. The first kappa shape index (κ1) is 21.4. The second-order valence-electron chi connectivity index (χ2n) is 3.23. The van der Waals surface area contributed by atoms with Crippen molar-refractivity contribution >= 4 is 12.2 Å². The van der Waals surface area contributed by atoms with Crippen LogP contribution in [0.25, 0.3) is 0 Å². The molecule has 0 spiro atoms. The van der Waals surface area contributed by atoms with Gasteiger partial charge in [0, 0.05) is 6.92 Å². The van der Waals surface area contributed by atoms with Gasteiger partial charge in [-0.05, 0) is 39.9 Å². The Morgan fingerprint density at radius 1 is 1.29 bits per heavy atom. The molecular formula is C12H29N3O2. The molecule has 0 bridgehead atoms. The van der Waals surface area contributed by atoms with E-state index in [9.17, 15) is 9.59 Å². The lowest BCUT2D eigenvalue weighted by Gasteiger charge is -2.09. The molecule has 0 radical (unpaired) electrons. The van der Waals surface area contributed by atoms with Gasteiger partial charge >= 0.3 is 0 Å². The van der Waals surface area contributed by atoms with Crippen molar-refractivity contribution in [3.05, 3.63) is 0 Å². The van der Waals surface area contributed by atoms with Crippen molar-refractivity contribution < 1.29 is 9.59 Å². The zero-order valence-electron chi connectivity index (χ0n) is 11.9. The van der Waals surface area contributed by atoms with Crippen LogP contribution in [0.3, 0.4) is 0 Å². The predicted molar refractivity (Wildman–Crippen MR) is 72.9 cm³/mol. The van der Waals surface area contributed by atoms with Crippen LogP contribution in [0.5, 0.6) is 0 Å². The third-order valence-electron chi connectivity index (χ3n) is 1.52. The number of nitrogens with one attached hydrogen (secondary N) is 2. The van der Waals surface area contributed by atoms with Crippen molar-refractivity contribution in [1.82, 2.24) is 10.6 Å². The molecule has 0 saturated carbocycles. The monoisotopic (exact) mass is 247 g/mol. The SMILES string of the molecule is CC.CC(=O)NC(C=O)CCCCN.CNC. The van der Waals surface area contributed by atoms with E-state index in [4.69, 9.17) is 5.73 Å². The Hall–Kier alpha value is -0.940. The molecule has 17 heavy (non-hydrogen) atoms. The summed E-state index contributed by atoms with van der Waals surface area (Å²) < 4.78 is 0. The molecule has 5 nitrogen and oxygen atoms in total. The molecule has 1 atom stereocenters. The van der Waals surface area contributed by atoms with Crippen molar-refractivity contribution in [2.45, 2.75) is 46.1 Å². The molecule has 0 rings (SSSR count). The highest BCUT2D eigenvalue weighted by atomic mass is 16.2. The molecule has 0 aliphatic heterocycles. The third-order valence-corrected chi connectivity index (χ3v) is 1.52. The Balaban J connectivity index is -0.000000337. The van der Waals surface area contributed by atoms with Gasteiger partial charge in [0.05, 0.1) is 6.04 Å². The molecule has 0 aliphatic carbocycles. The number of hydrogen-bond acceptors (Lipinski definition) is 4. The number of amides is 1. The molecule has 0 fully saturated rings. The molecule has 0 aromatic rings. The lowest BCUT2D eigenvalue weighted by atomic mass is 10.1. The van der Waals surface area contributed by atoms with Gasteiger partial charge in [-0.25, -0.2) is 0 Å². The number of rotatable bonds is 6. The number of hydrogen-bond donors (Lipinski definition) is 3. The Morgan fingerprint density at radius 2 is 1.76 bits per heavy atom. The highest BCUT2D eigenvalue weighted by Crippen LogP contribution is 1.97. The largest absolute Gasteiger partial charge is 0.347 e. The fraction of sp³-hybridized carbons (Fsp3) is 0.833. The second kappa shape index (κ2) is 20.5. The van der Waals surface area contributed by atoms with Crippen molar-refractivity contribution in [2.75, 3.05) is 20.6 Å². The molecule has 4 N–H and O–H groups in total. The van der Waals surface area contributed by atoms with E-state index in [-0.39, 0.29) is 11.9 Å². The average molecular weight is 247 g/mol. The number of carbonyl (C=O) groups excluding carboxylic acids is 2. The van der Waals surface area contributed by atoms with Crippen LogP contribution in [0.2, 0.25) is 0 Å². The van der Waals surface area contributed by atoms with Gasteiger partial charge in [-0.3, -0.25) is 4.79 Å². The van der Waals surface area contributed by atoms with Crippen molar-refractivity contribution in [2.24, 2.45) is 5.73 Å². The number of nitrogens with two attached hydrogens (primary N) is 1. The average Bonchev–Trinajstić information content (AvgIpc) is 2.31. The van der Waals surface area contributed by atoms with Crippen LogP contribution < -0.4 is 16.4 Å². The van der Waals surface area contributed by atoms with Crippen LogP contribution in [-0.4, -0.2) is 38.9 Å². The summed E-state index contributed by atoms with van der Waals surface area (Å²) >= 11 is 0. The minimum atomic E-state index is -0.339. The Labute approximate surface area is 106 Å². The van der Waals surface area contributed by atoms with Crippen LogP contribution in [0, 0.1) is 0 Å². The molecule has 1 unspecified atom stereocenters. The second-order valence-corrected chi connectivity index (χ2v) is 3.23. The zero-order valence-corrected chi connectivity index (χ0v) is 11.9.